The second-order valence-corrected chi connectivity index (χ2v) is 10.0. The number of nitrogens with zero attached hydrogens (tertiary/aromatic N) is 2. The lowest BCUT2D eigenvalue weighted by molar-refractivity contribution is -0.128. The van der Waals surface area contributed by atoms with E-state index in [-0.39, 0.29) is 23.3 Å². The summed E-state index contributed by atoms with van der Waals surface area (Å²) in [5.74, 6) is -0.226. The summed E-state index contributed by atoms with van der Waals surface area (Å²) in [6.07, 6.45) is 7.44. The summed E-state index contributed by atoms with van der Waals surface area (Å²) in [7, 11) is 0. The number of aromatic amines is 1. The van der Waals surface area contributed by atoms with E-state index in [0.29, 0.717) is 53.8 Å². The van der Waals surface area contributed by atoms with Crippen molar-refractivity contribution in [1.29, 1.82) is 0 Å². The lowest BCUT2D eigenvalue weighted by Gasteiger charge is -2.10. The van der Waals surface area contributed by atoms with Crippen LogP contribution < -0.4 is 21.3 Å². The Kier molecular flexibility index (Phi) is 16.3. The van der Waals surface area contributed by atoms with Crippen LogP contribution in [0.2, 0.25) is 5.02 Å². The number of fused-ring (bicyclic) bond motifs is 1. The van der Waals surface area contributed by atoms with Crippen molar-refractivity contribution >= 4 is 58.9 Å². The minimum absolute atomic E-state index is 0.0349. The molecule has 0 radical (unpaired) electrons. The third kappa shape index (κ3) is 11.6. The zero-order valence-corrected chi connectivity index (χ0v) is 27.2. The van der Waals surface area contributed by atoms with E-state index in [2.05, 4.69) is 41.0 Å². The van der Waals surface area contributed by atoms with E-state index < -0.39 is 5.82 Å². The third-order valence-corrected chi connectivity index (χ3v) is 6.63. The Bertz CT molecular complexity index is 1430. The van der Waals surface area contributed by atoms with Gasteiger partial charge in [-0.2, -0.15) is 0 Å². The molecular formula is C32H43ClFN7O4. The van der Waals surface area contributed by atoms with Crippen LogP contribution in [0.3, 0.4) is 0 Å². The summed E-state index contributed by atoms with van der Waals surface area (Å²) in [6, 6.07) is 6.06. The van der Waals surface area contributed by atoms with Crippen molar-refractivity contribution in [3.8, 4) is 0 Å². The van der Waals surface area contributed by atoms with Gasteiger partial charge in [-0.05, 0) is 82.6 Å². The fraction of sp³-hybridized carbons (Fsp3) is 0.406. The van der Waals surface area contributed by atoms with Crippen LogP contribution in [0, 0.1) is 12.7 Å². The molecule has 2 amide bonds. The maximum Gasteiger partial charge on any atom is 0.293 e. The van der Waals surface area contributed by atoms with Gasteiger partial charge in [-0.15, -0.1) is 0 Å². The van der Waals surface area contributed by atoms with Crippen LogP contribution in [-0.4, -0.2) is 59.5 Å². The van der Waals surface area contributed by atoms with E-state index >= 15 is 0 Å². The van der Waals surface area contributed by atoms with Gasteiger partial charge >= 0.3 is 0 Å². The predicted molar refractivity (Wildman–Crippen MR) is 177 cm³/mol. The van der Waals surface area contributed by atoms with Crippen LogP contribution in [0.4, 0.5) is 21.7 Å². The third-order valence-electron chi connectivity index (χ3n) is 6.34. The van der Waals surface area contributed by atoms with Crippen molar-refractivity contribution in [2.24, 2.45) is 0 Å². The Hall–Kier alpha value is -4.29. The fourth-order valence-corrected chi connectivity index (χ4v) is 4.49. The number of carbonyl (C=O) groups excluding carboxylic acids is 3. The fourth-order valence-electron chi connectivity index (χ4n) is 4.31. The van der Waals surface area contributed by atoms with Crippen LogP contribution in [0.1, 0.15) is 69.5 Å². The molecular weight excluding hydrogens is 601 g/mol. The molecule has 45 heavy (non-hydrogen) atoms. The van der Waals surface area contributed by atoms with E-state index in [1.165, 1.54) is 56.9 Å². The molecule has 4 heterocycles. The second kappa shape index (κ2) is 19.9. The molecule has 2 aliphatic heterocycles. The van der Waals surface area contributed by atoms with Gasteiger partial charge in [0, 0.05) is 23.6 Å². The van der Waals surface area contributed by atoms with E-state index in [9.17, 15) is 18.8 Å². The minimum Gasteiger partial charge on any atom is -0.468 e. The first kappa shape index (κ1) is 36.9. The van der Waals surface area contributed by atoms with Gasteiger partial charge in [0.2, 0.25) is 5.91 Å². The molecule has 0 bridgehead atoms. The predicted octanol–water partition coefficient (Wildman–Crippen LogP) is 5.79. The van der Waals surface area contributed by atoms with Crippen molar-refractivity contribution in [2.75, 3.05) is 36.9 Å². The summed E-state index contributed by atoms with van der Waals surface area (Å²) < 4.78 is 17.6. The number of nitrogens with one attached hydrogen (secondary N) is 5. The Morgan fingerprint density at radius 2 is 1.87 bits per heavy atom. The molecule has 244 valence electrons. The number of amides is 2. The summed E-state index contributed by atoms with van der Waals surface area (Å²) in [5.41, 5.74) is 3.67. The molecule has 5 N–H and O–H groups in total. The highest BCUT2D eigenvalue weighted by Gasteiger charge is 2.30. The quantitative estimate of drug-likeness (QED) is 0.153. The molecule has 2 aromatic heterocycles. The molecule has 0 aliphatic carbocycles. The van der Waals surface area contributed by atoms with Gasteiger partial charge in [0.05, 0.1) is 29.2 Å². The number of anilines is 3. The molecule has 1 aromatic carbocycles. The number of likely N-dealkylation sites (N-methyl/N-ethyl adjacent to an activating group) is 1. The van der Waals surface area contributed by atoms with E-state index in [1.54, 1.807) is 13.0 Å². The standard InChI is InChI=1S/C22H20ClFN6O2.C5H11N.C3H6O2.C2H6/c1-3-25-18(31)8-13-6-11(2)17(28-13)9-14-19-20(26-10-27-21(19)30-22(14)32)29-12-4-5-16(24)15(23)7-12;1-2-4-6-5-3-1;1-2-5-3-4;1-2/h4-7,9-10,28H,3,8H2,1-2H3,(H,25,31)(H2,26,27,29,30,32);6H,1-5H2;3H,2H2,1H3;1-2H3/b14-9-;;;. The highest BCUT2D eigenvalue weighted by Crippen LogP contribution is 2.37. The molecule has 0 spiro atoms. The van der Waals surface area contributed by atoms with Crippen LogP contribution in [-0.2, 0) is 25.5 Å². The number of benzene rings is 1. The monoisotopic (exact) mass is 643 g/mol. The molecule has 5 rings (SSSR count). The first-order chi connectivity index (χ1) is 21.8. The number of aromatic nitrogens is 3. The number of hydrogen-bond donors (Lipinski definition) is 5. The number of piperidine rings is 1. The van der Waals surface area contributed by atoms with Crippen LogP contribution in [0.25, 0.3) is 11.6 Å². The lowest BCUT2D eigenvalue weighted by Crippen LogP contribution is -2.24. The number of aryl methyl sites for hydroxylation is 1. The van der Waals surface area contributed by atoms with Gasteiger partial charge in [0.1, 0.15) is 23.8 Å². The number of halogens is 2. The Balaban J connectivity index is 0.000000455. The molecule has 1 fully saturated rings. The molecule has 0 atom stereocenters. The molecule has 0 unspecified atom stereocenters. The van der Waals surface area contributed by atoms with Crippen molar-refractivity contribution in [3.05, 3.63) is 63.9 Å². The molecule has 3 aromatic rings. The van der Waals surface area contributed by atoms with Gasteiger partial charge in [-0.25, -0.2) is 14.4 Å². The zero-order valence-electron chi connectivity index (χ0n) is 26.5. The zero-order chi connectivity index (χ0) is 33.2. The highest BCUT2D eigenvalue weighted by molar-refractivity contribution is 6.35. The van der Waals surface area contributed by atoms with Crippen molar-refractivity contribution in [3.63, 3.8) is 0 Å². The largest absolute Gasteiger partial charge is 0.468 e. The number of ether oxygens (including phenoxy) is 1. The first-order valence-corrected chi connectivity index (χ1v) is 15.5. The topological polar surface area (TPSA) is 150 Å². The maximum atomic E-state index is 13.5. The number of rotatable bonds is 8. The van der Waals surface area contributed by atoms with Gasteiger partial charge in [-0.3, -0.25) is 14.4 Å². The molecule has 2 aliphatic rings. The summed E-state index contributed by atoms with van der Waals surface area (Å²) in [6.45, 7) is 13.5. The van der Waals surface area contributed by atoms with E-state index in [0.717, 1.165) is 11.3 Å². The SMILES string of the molecule is C1CCNCC1.CC.CCNC(=O)Cc1cc(C)c(/C=C2\C(=O)Nc3ncnc(Nc4ccc(F)c(Cl)c4)c32)[nH]1.CCOC=O. The number of carbonyl (C=O) groups is 3. The highest BCUT2D eigenvalue weighted by atomic mass is 35.5. The first-order valence-electron chi connectivity index (χ1n) is 15.1. The van der Waals surface area contributed by atoms with Gasteiger partial charge < -0.3 is 31.0 Å². The van der Waals surface area contributed by atoms with Crippen LogP contribution in [0.15, 0.2) is 30.6 Å². The summed E-state index contributed by atoms with van der Waals surface area (Å²) in [5, 5.41) is 11.8. The Morgan fingerprint density at radius 1 is 1.13 bits per heavy atom. The Morgan fingerprint density at radius 3 is 2.42 bits per heavy atom. The Labute approximate surface area is 268 Å². The lowest BCUT2D eigenvalue weighted by atomic mass is 10.1. The van der Waals surface area contributed by atoms with Gasteiger partial charge in [0.25, 0.3) is 12.4 Å². The smallest absolute Gasteiger partial charge is 0.293 e. The average molecular weight is 644 g/mol. The number of H-pyrrole nitrogens is 1. The van der Waals surface area contributed by atoms with Gasteiger partial charge in [-0.1, -0.05) is 31.9 Å². The summed E-state index contributed by atoms with van der Waals surface area (Å²) >= 11 is 5.87. The maximum absolute atomic E-state index is 13.5. The normalized spacial score (nSPS) is 13.8. The average Bonchev–Trinajstić information content (AvgIpc) is 3.55. The molecule has 13 heteroatoms. The van der Waals surface area contributed by atoms with Crippen molar-refractivity contribution in [2.45, 2.75) is 60.3 Å². The van der Waals surface area contributed by atoms with Crippen molar-refractivity contribution < 1.29 is 23.5 Å². The molecule has 1 saturated heterocycles. The second-order valence-electron chi connectivity index (χ2n) is 9.60. The molecule has 11 nitrogen and oxygen atoms in total. The van der Waals surface area contributed by atoms with E-state index in [4.69, 9.17) is 11.6 Å². The van der Waals surface area contributed by atoms with E-state index in [1.807, 2.05) is 33.8 Å². The molecule has 0 saturated carbocycles. The van der Waals surface area contributed by atoms with Crippen molar-refractivity contribution in [1.82, 2.24) is 25.6 Å². The van der Waals surface area contributed by atoms with Crippen LogP contribution >= 0.6 is 11.6 Å². The number of hydrogen-bond acceptors (Lipinski definition) is 8. The minimum atomic E-state index is -0.534. The summed E-state index contributed by atoms with van der Waals surface area (Å²) in [4.78, 5) is 45.4. The van der Waals surface area contributed by atoms with Gasteiger partial charge in [0.15, 0.2) is 0 Å². The van der Waals surface area contributed by atoms with Crippen LogP contribution in [0.5, 0.6) is 0 Å².